The largest absolute Gasteiger partial charge is 0.479 e. The summed E-state index contributed by atoms with van der Waals surface area (Å²) in [6.45, 7) is 12.8. The third-order valence-corrected chi connectivity index (χ3v) is 7.54. The second kappa shape index (κ2) is 11.6. The highest BCUT2D eigenvalue weighted by Crippen LogP contribution is 2.55. The maximum absolute atomic E-state index is 13.5. The number of rotatable bonds is 11. The first-order chi connectivity index (χ1) is 18.9. The molecule has 1 aromatic rings. The Morgan fingerprint density at radius 3 is 2.27 bits per heavy atom. The quantitative estimate of drug-likeness (QED) is 0.262. The van der Waals surface area contributed by atoms with Crippen molar-refractivity contribution in [3.63, 3.8) is 0 Å². The Morgan fingerprint density at radius 2 is 1.76 bits per heavy atom. The fourth-order valence-electron chi connectivity index (χ4n) is 5.63. The van der Waals surface area contributed by atoms with Crippen molar-refractivity contribution in [2.45, 2.75) is 108 Å². The summed E-state index contributed by atoms with van der Waals surface area (Å²) in [7, 11) is 0. The first-order valence-corrected chi connectivity index (χ1v) is 13.5. The van der Waals surface area contributed by atoms with E-state index in [1.54, 1.807) is 20.8 Å². The van der Waals surface area contributed by atoms with Crippen LogP contribution >= 0.6 is 0 Å². The summed E-state index contributed by atoms with van der Waals surface area (Å²) in [6, 6.07) is 9.57. The Morgan fingerprint density at radius 1 is 1.15 bits per heavy atom. The smallest absolute Gasteiger partial charge is 0.342 e. The molecule has 2 aliphatic heterocycles. The second-order valence-electron chi connectivity index (χ2n) is 12.0. The monoisotopic (exact) mass is 576 g/mol. The van der Waals surface area contributed by atoms with E-state index in [1.165, 1.54) is 6.92 Å². The highest BCUT2D eigenvalue weighted by Gasteiger charge is 2.79. The zero-order chi connectivity index (χ0) is 31.0. The molecule has 3 N–H and O–H groups in total. The van der Waals surface area contributed by atoms with E-state index < -0.39 is 71.0 Å². The number of Topliss-reactive ketones (excluding diaryl/α,β-unsaturated/α-hetero) is 1. The number of ketones is 1. The average molecular weight is 577 g/mol. The summed E-state index contributed by atoms with van der Waals surface area (Å²) in [6.07, 6.45) is -4.95. The fourth-order valence-corrected chi connectivity index (χ4v) is 5.63. The van der Waals surface area contributed by atoms with E-state index in [-0.39, 0.29) is 18.8 Å². The molecule has 226 valence electrons. The number of carbonyl (C=O) groups excluding carboxylic acids is 3. The topological polar surface area (TPSA) is 166 Å². The van der Waals surface area contributed by atoms with E-state index in [0.29, 0.717) is 12.0 Å². The van der Waals surface area contributed by atoms with Gasteiger partial charge >= 0.3 is 17.9 Å². The Balaban J connectivity index is 1.95. The zero-order valence-electron chi connectivity index (χ0n) is 24.3. The summed E-state index contributed by atoms with van der Waals surface area (Å²) in [4.78, 5) is 50.5. The maximum Gasteiger partial charge on any atom is 0.342 e. The molecule has 0 amide bonds. The highest BCUT2D eigenvalue weighted by atomic mass is 16.8. The van der Waals surface area contributed by atoms with Crippen molar-refractivity contribution >= 4 is 23.7 Å². The Hall–Kier alpha value is -3.12. The van der Waals surface area contributed by atoms with Gasteiger partial charge in [-0.05, 0) is 51.7 Å². The molecule has 0 aromatic heterocycles. The van der Waals surface area contributed by atoms with Crippen LogP contribution in [0.1, 0.15) is 66.4 Å². The first-order valence-electron chi connectivity index (χ1n) is 13.5. The zero-order valence-corrected chi connectivity index (χ0v) is 24.3. The second-order valence-corrected chi connectivity index (χ2v) is 12.0. The molecule has 3 rings (SSSR count). The predicted molar refractivity (Wildman–Crippen MR) is 144 cm³/mol. The fraction of sp³-hybridized carbons (Fsp3) is 0.600. The molecule has 2 fully saturated rings. The summed E-state index contributed by atoms with van der Waals surface area (Å²) in [5.41, 5.74) is -5.20. The van der Waals surface area contributed by atoms with Gasteiger partial charge in [0.2, 0.25) is 5.60 Å². The van der Waals surface area contributed by atoms with Gasteiger partial charge in [-0.2, -0.15) is 0 Å². The van der Waals surface area contributed by atoms with E-state index in [0.717, 1.165) is 12.5 Å². The third kappa shape index (κ3) is 6.23. The number of aliphatic hydroxyl groups excluding tert-OH is 1. The van der Waals surface area contributed by atoms with Crippen molar-refractivity contribution in [1.29, 1.82) is 0 Å². The summed E-state index contributed by atoms with van der Waals surface area (Å²) >= 11 is 0. The van der Waals surface area contributed by atoms with Crippen molar-refractivity contribution in [2.24, 2.45) is 5.92 Å². The third-order valence-electron chi connectivity index (χ3n) is 7.54. The van der Waals surface area contributed by atoms with Crippen molar-refractivity contribution in [1.82, 2.24) is 0 Å². The van der Waals surface area contributed by atoms with Crippen molar-refractivity contribution in [3.05, 3.63) is 48.0 Å². The molecule has 2 bridgehead atoms. The molecule has 11 nitrogen and oxygen atoms in total. The molecule has 2 aliphatic rings. The van der Waals surface area contributed by atoms with E-state index in [9.17, 15) is 34.5 Å². The summed E-state index contributed by atoms with van der Waals surface area (Å²) in [5.74, 6) is -6.89. The van der Waals surface area contributed by atoms with Crippen LogP contribution in [0.5, 0.6) is 0 Å². The van der Waals surface area contributed by atoms with E-state index >= 15 is 0 Å². The Kier molecular flexibility index (Phi) is 9.19. The van der Waals surface area contributed by atoms with Crippen LogP contribution in [0.25, 0.3) is 0 Å². The number of ether oxygens (including phenoxy) is 4. The van der Waals surface area contributed by atoms with Crippen LogP contribution in [0, 0.1) is 5.92 Å². The number of carboxylic acid groups (broad SMARTS) is 1. The van der Waals surface area contributed by atoms with Gasteiger partial charge in [-0.1, -0.05) is 43.8 Å². The number of aliphatic hydroxyl groups is 2. The maximum atomic E-state index is 13.5. The normalized spacial score (nSPS) is 30.6. The van der Waals surface area contributed by atoms with Crippen molar-refractivity contribution < 1.29 is 53.4 Å². The SMILES string of the molecule is C=C(CCC12OC(C(=O)O)C(O)(C(C)=O)C(C(=O)OC(C)(C)C)(C[C@H]1O)O2)[C@@H](OC(C)=O)[C@H](C)Cc1ccccc1. The Labute approximate surface area is 239 Å². The molecule has 2 heterocycles. The van der Waals surface area contributed by atoms with Gasteiger partial charge in [0.25, 0.3) is 0 Å². The molecule has 41 heavy (non-hydrogen) atoms. The van der Waals surface area contributed by atoms with Crippen LogP contribution in [0.15, 0.2) is 42.5 Å². The van der Waals surface area contributed by atoms with E-state index in [2.05, 4.69) is 6.58 Å². The van der Waals surface area contributed by atoms with Gasteiger partial charge in [0.05, 0.1) is 0 Å². The van der Waals surface area contributed by atoms with Gasteiger partial charge in [-0.25, -0.2) is 9.59 Å². The lowest BCUT2D eigenvalue weighted by atomic mass is 9.73. The lowest BCUT2D eigenvalue weighted by Crippen LogP contribution is -2.75. The molecule has 11 heteroatoms. The molecular weight excluding hydrogens is 536 g/mol. The lowest BCUT2D eigenvalue weighted by Gasteiger charge is -2.50. The van der Waals surface area contributed by atoms with Crippen molar-refractivity contribution in [3.8, 4) is 0 Å². The van der Waals surface area contributed by atoms with Gasteiger partial charge < -0.3 is 34.3 Å². The number of hydrogen-bond donors (Lipinski definition) is 3. The summed E-state index contributed by atoms with van der Waals surface area (Å²) < 4.78 is 22.7. The van der Waals surface area contributed by atoms with Crippen LogP contribution in [0.3, 0.4) is 0 Å². The number of esters is 2. The van der Waals surface area contributed by atoms with Gasteiger partial charge in [-0.15, -0.1) is 0 Å². The molecule has 7 atom stereocenters. The Bertz CT molecular complexity index is 1190. The van der Waals surface area contributed by atoms with Gasteiger partial charge in [0.15, 0.2) is 23.3 Å². The van der Waals surface area contributed by atoms with Crippen LogP contribution in [0.4, 0.5) is 0 Å². The number of aliphatic carboxylic acids is 1. The molecular formula is C30H40O11. The molecule has 0 saturated carbocycles. The van der Waals surface area contributed by atoms with E-state index in [4.69, 9.17) is 18.9 Å². The van der Waals surface area contributed by atoms with Gasteiger partial charge in [0, 0.05) is 25.7 Å². The van der Waals surface area contributed by atoms with Crippen LogP contribution < -0.4 is 0 Å². The highest BCUT2D eigenvalue weighted by molar-refractivity contribution is 6.00. The minimum Gasteiger partial charge on any atom is -0.479 e. The van der Waals surface area contributed by atoms with Crippen molar-refractivity contribution in [2.75, 3.05) is 0 Å². The molecule has 4 unspecified atom stereocenters. The van der Waals surface area contributed by atoms with Gasteiger partial charge in [0.1, 0.15) is 17.8 Å². The molecule has 1 aromatic carbocycles. The van der Waals surface area contributed by atoms with Crippen LogP contribution in [0.2, 0.25) is 0 Å². The van der Waals surface area contributed by atoms with Crippen LogP contribution in [-0.4, -0.2) is 79.9 Å². The number of carbonyl (C=O) groups is 4. The standard InChI is InChI=1S/C30H40O11/c1-17(23(38-20(4)32)18(2)15-21-11-9-8-10-12-21)13-14-29-22(33)16-28(41-29,26(36)40-27(5,6)7)30(37,19(3)31)24(39-29)25(34)35/h8-12,18,22-24,33,37H,1,13-16H2,2-7H3,(H,34,35)/t18-,22-,23-,24?,28?,29?,30?/m1/s1. The first kappa shape index (κ1) is 32.4. The predicted octanol–water partition coefficient (Wildman–Crippen LogP) is 2.49. The van der Waals surface area contributed by atoms with E-state index in [1.807, 2.05) is 37.3 Å². The molecule has 0 radical (unpaired) electrons. The average Bonchev–Trinajstić information content (AvgIpc) is 3.12. The number of carboxylic acids is 1. The van der Waals surface area contributed by atoms with Gasteiger partial charge in [-0.3, -0.25) is 9.59 Å². The molecule has 0 spiro atoms. The van der Waals surface area contributed by atoms with Crippen LogP contribution in [-0.2, 0) is 44.5 Å². The molecule has 0 aliphatic carbocycles. The minimum absolute atomic E-state index is 0.0172. The number of hydrogen-bond acceptors (Lipinski definition) is 10. The molecule has 2 saturated heterocycles. The number of fused-ring (bicyclic) bond motifs is 2. The number of benzene rings is 1. The lowest BCUT2D eigenvalue weighted by molar-refractivity contribution is -0.370. The summed E-state index contributed by atoms with van der Waals surface area (Å²) in [5, 5.41) is 32.7. The minimum atomic E-state index is -3.00.